The van der Waals surface area contributed by atoms with E-state index in [1.807, 2.05) is 24.3 Å². The average molecular weight is 290 g/mol. The van der Waals surface area contributed by atoms with Crippen LogP contribution in [-0.2, 0) is 0 Å². The van der Waals surface area contributed by atoms with Crippen molar-refractivity contribution in [2.45, 2.75) is 77.7 Å². The summed E-state index contributed by atoms with van der Waals surface area (Å²) >= 11 is 0. The third-order valence-corrected chi connectivity index (χ3v) is 3.30. The third kappa shape index (κ3) is 16.9. The summed E-state index contributed by atoms with van der Waals surface area (Å²) in [6.07, 6.45) is 26.6. The van der Waals surface area contributed by atoms with E-state index >= 15 is 0 Å². The predicted molar refractivity (Wildman–Crippen MR) is 95.5 cm³/mol. The summed E-state index contributed by atoms with van der Waals surface area (Å²) < 4.78 is 0. The largest absolute Gasteiger partial charge is 0.389 e. The van der Waals surface area contributed by atoms with Crippen molar-refractivity contribution in [3.05, 3.63) is 48.6 Å². The van der Waals surface area contributed by atoms with Crippen LogP contribution in [0, 0.1) is 0 Å². The summed E-state index contributed by atoms with van der Waals surface area (Å²) in [4.78, 5) is 0. The zero-order chi connectivity index (χ0) is 15.6. The number of aliphatic hydroxyl groups excluding tert-OH is 1. The Morgan fingerprint density at radius 2 is 1.33 bits per heavy atom. The number of hydrogen-bond acceptors (Lipinski definition) is 1. The van der Waals surface area contributed by atoms with Crippen molar-refractivity contribution in [1.29, 1.82) is 0 Å². The summed E-state index contributed by atoms with van der Waals surface area (Å²) in [7, 11) is 0. The highest BCUT2D eigenvalue weighted by molar-refractivity contribution is 5.12. The Kier molecular flexibility index (Phi) is 16.1. The predicted octanol–water partition coefficient (Wildman–Crippen LogP) is 6.12. The summed E-state index contributed by atoms with van der Waals surface area (Å²) in [5, 5.41) is 9.76. The third-order valence-electron chi connectivity index (χ3n) is 3.30. The van der Waals surface area contributed by atoms with Gasteiger partial charge in [0.05, 0.1) is 6.10 Å². The fourth-order valence-electron chi connectivity index (χ4n) is 1.95. The van der Waals surface area contributed by atoms with Gasteiger partial charge in [-0.3, -0.25) is 0 Å². The normalized spacial score (nSPS) is 14.2. The van der Waals surface area contributed by atoms with Gasteiger partial charge in [-0.05, 0) is 32.1 Å². The molecule has 0 aromatic heterocycles. The number of aliphatic hydroxyl groups is 1. The van der Waals surface area contributed by atoms with Crippen LogP contribution in [0.15, 0.2) is 48.6 Å². The molecule has 0 aliphatic rings. The second-order valence-electron chi connectivity index (χ2n) is 5.46. The van der Waals surface area contributed by atoms with Gasteiger partial charge < -0.3 is 5.11 Å². The molecule has 0 spiro atoms. The van der Waals surface area contributed by atoms with Gasteiger partial charge in [0.25, 0.3) is 0 Å². The van der Waals surface area contributed by atoms with E-state index in [0.29, 0.717) is 6.42 Å². The number of hydrogen-bond donors (Lipinski definition) is 1. The van der Waals surface area contributed by atoms with Gasteiger partial charge in [0.1, 0.15) is 0 Å². The van der Waals surface area contributed by atoms with Crippen LogP contribution in [0.25, 0.3) is 0 Å². The molecule has 0 aromatic carbocycles. The van der Waals surface area contributed by atoms with E-state index in [9.17, 15) is 5.11 Å². The van der Waals surface area contributed by atoms with Crippen molar-refractivity contribution in [1.82, 2.24) is 0 Å². The Morgan fingerprint density at radius 3 is 2.00 bits per heavy atom. The molecule has 1 nitrogen and oxygen atoms in total. The molecule has 0 aliphatic carbocycles. The zero-order valence-electron chi connectivity index (χ0n) is 14.0. The Hall–Kier alpha value is -1.08. The molecule has 0 saturated carbocycles. The second kappa shape index (κ2) is 17.0. The Balaban J connectivity index is 3.62. The summed E-state index contributed by atoms with van der Waals surface area (Å²) in [5.74, 6) is 0. The van der Waals surface area contributed by atoms with Crippen LogP contribution in [0.4, 0.5) is 0 Å². The number of rotatable bonds is 13. The maximum Gasteiger partial charge on any atom is 0.0758 e. The standard InChI is InChI=1S/C20H34O/c1-3-5-7-9-11-12-13-15-17-19-20(21)18-16-14-10-8-6-4-2/h11-17,19-21H,3-10,18H2,1-2H3/b12-11-,15-13+,16-14-,19-17+/t20-/m1/s1. The summed E-state index contributed by atoms with van der Waals surface area (Å²) in [6, 6.07) is 0. The molecule has 0 aromatic rings. The monoisotopic (exact) mass is 290 g/mol. The molecular weight excluding hydrogens is 256 g/mol. The first kappa shape index (κ1) is 19.9. The van der Waals surface area contributed by atoms with E-state index in [0.717, 1.165) is 12.8 Å². The quantitative estimate of drug-likeness (QED) is 0.246. The van der Waals surface area contributed by atoms with Gasteiger partial charge in [-0.15, -0.1) is 0 Å². The van der Waals surface area contributed by atoms with Crippen molar-refractivity contribution in [3.8, 4) is 0 Å². The van der Waals surface area contributed by atoms with Gasteiger partial charge in [-0.2, -0.15) is 0 Å². The van der Waals surface area contributed by atoms with E-state index in [1.165, 1.54) is 38.5 Å². The van der Waals surface area contributed by atoms with E-state index < -0.39 is 0 Å². The smallest absolute Gasteiger partial charge is 0.0758 e. The van der Waals surface area contributed by atoms with E-state index in [1.54, 1.807) is 0 Å². The van der Waals surface area contributed by atoms with Crippen molar-refractivity contribution in [2.75, 3.05) is 0 Å². The first-order valence-corrected chi connectivity index (χ1v) is 8.64. The summed E-state index contributed by atoms with van der Waals surface area (Å²) in [5.41, 5.74) is 0. The number of allylic oxidation sites excluding steroid dienone is 6. The molecule has 0 rings (SSSR count). The molecule has 1 atom stereocenters. The zero-order valence-corrected chi connectivity index (χ0v) is 14.0. The minimum absolute atomic E-state index is 0.370. The highest BCUT2D eigenvalue weighted by atomic mass is 16.3. The van der Waals surface area contributed by atoms with E-state index in [-0.39, 0.29) is 6.10 Å². The first-order valence-electron chi connectivity index (χ1n) is 8.64. The Bertz CT molecular complexity index is 310. The van der Waals surface area contributed by atoms with Gasteiger partial charge >= 0.3 is 0 Å². The van der Waals surface area contributed by atoms with Crippen molar-refractivity contribution >= 4 is 0 Å². The van der Waals surface area contributed by atoms with Crippen LogP contribution in [0.2, 0.25) is 0 Å². The fraction of sp³-hybridized carbons (Fsp3) is 0.600. The second-order valence-corrected chi connectivity index (χ2v) is 5.46. The maximum atomic E-state index is 9.76. The van der Waals surface area contributed by atoms with Gasteiger partial charge in [0.15, 0.2) is 0 Å². The minimum Gasteiger partial charge on any atom is -0.389 e. The van der Waals surface area contributed by atoms with E-state index in [4.69, 9.17) is 0 Å². The molecule has 0 aliphatic heterocycles. The molecule has 0 heterocycles. The van der Waals surface area contributed by atoms with Gasteiger partial charge in [-0.1, -0.05) is 88.1 Å². The molecule has 0 fully saturated rings. The fourth-order valence-corrected chi connectivity index (χ4v) is 1.95. The van der Waals surface area contributed by atoms with Crippen molar-refractivity contribution in [2.24, 2.45) is 0 Å². The van der Waals surface area contributed by atoms with Crippen LogP contribution >= 0.6 is 0 Å². The van der Waals surface area contributed by atoms with Gasteiger partial charge in [-0.25, -0.2) is 0 Å². The van der Waals surface area contributed by atoms with Crippen LogP contribution in [-0.4, -0.2) is 11.2 Å². The van der Waals surface area contributed by atoms with Gasteiger partial charge in [0.2, 0.25) is 0 Å². The lowest BCUT2D eigenvalue weighted by Gasteiger charge is -1.99. The summed E-state index contributed by atoms with van der Waals surface area (Å²) in [6.45, 7) is 4.44. The van der Waals surface area contributed by atoms with Crippen LogP contribution in [0.1, 0.15) is 71.6 Å². The maximum absolute atomic E-state index is 9.76. The molecule has 120 valence electrons. The van der Waals surface area contributed by atoms with E-state index in [2.05, 4.69) is 38.2 Å². The molecule has 21 heavy (non-hydrogen) atoms. The SMILES string of the molecule is CCCCC\C=C/C=C/C=C/[C@H](O)C/C=C\CCCCC. The molecule has 0 saturated heterocycles. The van der Waals surface area contributed by atoms with Crippen molar-refractivity contribution in [3.63, 3.8) is 0 Å². The van der Waals surface area contributed by atoms with Crippen LogP contribution in [0.5, 0.6) is 0 Å². The highest BCUT2D eigenvalue weighted by Gasteiger charge is 1.92. The molecule has 0 unspecified atom stereocenters. The minimum atomic E-state index is -0.370. The Labute approximate surface area is 132 Å². The molecule has 1 heteroatoms. The topological polar surface area (TPSA) is 20.2 Å². The highest BCUT2D eigenvalue weighted by Crippen LogP contribution is 2.02. The number of unbranched alkanes of at least 4 members (excludes halogenated alkanes) is 6. The lowest BCUT2D eigenvalue weighted by atomic mass is 10.1. The molecular formula is C20H34O. The van der Waals surface area contributed by atoms with Gasteiger partial charge in [0, 0.05) is 0 Å². The van der Waals surface area contributed by atoms with Crippen molar-refractivity contribution < 1.29 is 5.11 Å². The lowest BCUT2D eigenvalue weighted by Crippen LogP contribution is -1.98. The first-order chi connectivity index (χ1) is 10.3. The molecule has 0 radical (unpaired) electrons. The molecule has 1 N–H and O–H groups in total. The lowest BCUT2D eigenvalue weighted by molar-refractivity contribution is 0.227. The Morgan fingerprint density at radius 1 is 0.714 bits per heavy atom. The average Bonchev–Trinajstić information content (AvgIpc) is 2.49. The van der Waals surface area contributed by atoms with Crippen LogP contribution in [0.3, 0.4) is 0 Å². The molecule has 0 bridgehead atoms. The van der Waals surface area contributed by atoms with Crippen LogP contribution < -0.4 is 0 Å². The molecule has 0 amide bonds.